The van der Waals surface area contributed by atoms with Gasteiger partial charge in [0.2, 0.25) is 0 Å². The lowest BCUT2D eigenvalue weighted by Gasteiger charge is -2.26. The molecule has 0 spiro atoms. The number of fused-ring (bicyclic) bond motifs is 2. The van der Waals surface area contributed by atoms with E-state index in [0.29, 0.717) is 6.04 Å². The third-order valence-electron chi connectivity index (χ3n) is 4.86. The number of pyridine rings is 1. The second-order valence-corrected chi connectivity index (χ2v) is 8.01. The fourth-order valence-corrected chi connectivity index (χ4v) is 4.19. The Morgan fingerprint density at radius 3 is 2.56 bits per heavy atom. The molecule has 2 aromatic carbocycles. The quantitative estimate of drug-likeness (QED) is 0.499. The molecule has 0 saturated heterocycles. The second kappa shape index (κ2) is 6.67. The van der Waals surface area contributed by atoms with E-state index < -0.39 is 5.97 Å². The van der Waals surface area contributed by atoms with Crippen LogP contribution in [0.25, 0.3) is 31.6 Å². The third-order valence-corrected chi connectivity index (χ3v) is 5.98. The number of nitrogens with zero attached hydrogens (tertiary/aromatic N) is 2. The molecule has 5 heteroatoms. The van der Waals surface area contributed by atoms with E-state index in [-0.39, 0.29) is 5.56 Å². The number of anilines is 1. The standard InChI is InChI=1S/C22H20N2O2S/c1-13(2)24(3)18-11-16-10-15(22(25)26)8-9-17(16)23-21(18)20-12-14-6-4-5-7-19(14)27-20/h4-13H,1-3H3,(H,25,26). The van der Waals surface area contributed by atoms with Gasteiger partial charge in [0.25, 0.3) is 0 Å². The minimum absolute atomic E-state index is 0.275. The number of hydrogen-bond donors (Lipinski definition) is 1. The SMILES string of the molecule is CC(C)N(C)c1cc2cc(C(=O)O)ccc2nc1-c1cc2ccccc2s1. The van der Waals surface area contributed by atoms with Crippen molar-refractivity contribution in [3.8, 4) is 10.6 Å². The molecule has 4 nitrogen and oxygen atoms in total. The molecule has 136 valence electrons. The average Bonchev–Trinajstić information content (AvgIpc) is 3.09. The highest BCUT2D eigenvalue weighted by molar-refractivity contribution is 7.22. The van der Waals surface area contributed by atoms with Crippen molar-refractivity contribution in [2.75, 3.05) is 11.9 Å². The van der Waals surface area contributed by atoms with Crippen molar-refractivity contribution in [1.29, 1.82) is 0 Å². The summed E-state index contributed by atoms with van der Waals surface area (Å²) < 4.78 is 1.23. The Balaban J connectivity index is 1.97. The molecular weight excluding hydrogens is 356 g/mol. The number of carbonyl (C=O) groups is 1. The smallest absolute Gasteiger partial charge is 0.335 e. The Bertz CT molecular complexity index is 1130. The van der Waals surface area contributed by atoms with Gasteiger partial charge in [0.15, 0.2) is 0 Å². The highest BCUT2D eigenvalue weighted by Crippen LogP contribution is 2.39. The summed E-state index contributed by atoms with van der Waals surface area (Å²) in [5, 5.41) is 11.3. The molecule has 4 aromatic rings. The summed E-state index contributed by atoms with van der Waals surface area (Å²) in [6, 6.07) is 17.9. The van der Waals surface area contributed by atoms with Crippen LogP contribution in [-0.2, 0) is 0 Å². The van der Waals surface area contributed by atoms with Crippen molar-refractivity contribution in [2.24, 2.45) is 0 Å². The normalized spacial score (nSPS) is 11.4. The first kappa shape index (κ1) is 17.5. The minimum Gasteiger partial charge on any atom is -0.478 e. The molecule has 0 aliphatic rings. The number of benzene rings is 2. The Labute approximate surface area is 161 Å². The fraction of sp³-hybridized carbons (Fsp3) is 0.182. The van der Waals surface area contributed by atoms with Crippen LogP contribution in [0.1, 0.15) is 24.2 Å². The van der Waals surface area contributed by atoms with Gasteiger partial charge in [-0.2, -0.15) is 0 Å². The zero-order chi connectivity index (χ0) is 19.1. The second-order valence-electron chi connectivity index (χ2n) is 6.92. The number of carboxylic acids is 1. The molecule has 0 bridgehead atoms. The number of aromatic nitrogens is 1. The highest BCUT2D eigenvalue weighted by Gasteiger charge is 2.17. The van der Waals surface area contributed by atoms with Gasteiger partial charge in [-0.1, -0.05) is 18.2 Å². The highest BCUT2D eigenvalue weighted by atomic mass is 32.1. The van der Waals surface area contributed by atoms with Crippen LogP contribution >= 0.6 is 11.3 Å². The van der Waals surface area contributed by atoms with Gasteiger partial charge in [-0.15, -0.1) is 11.3 Å². The van der Waals surface area contributed by atoms with E-state index in [0.717, 1.165) is 27.2 Å². The molecule has 1 N–H and O–H groups in total. The topological polar surface area (TPSA) is 53.4 Å². The molecule has 0 unspecified atom stereocenters. The van der Waals surface area contributed by atoms with Gasteiger partial charge in [0, 0.05) is 23.2 Å². The number of carboxylic acid groups (broad SMARTS) is 1. The van der Waals surface area contributed by atoms with Crippen LogP contribution in [0.5, 0.6) is 0 Å². The Morgan fingerprint density at radius 2 is 1.85 bits per heavy atom. The first-order valence-corrected chi connectivity index (χ1v) is 9.65. The van der Waals surface area contributed by atoms with Gasteiger partial charge in [-0.25, -0.2) is 9.78 Å². The predicted octanol–water partition coefficient (Wildman–Crippen LogP) is 5.66. The number of aromatic carboxylic acids is 1. The van der Waals surface area contributed by atoms with Gasteiger partial charge in [-0.3, -0.25) is 0 Å². The molecule has 27 heavy (non-hydrogen) atoms. The monoisotopic (exact) mass is 376 g/mol. The summed E-state index contributed by atoms with van der Waals surface area (Å²) >= 11 is 1.73. The first-order valence-electron chi connectivity index (χ1n) is 8.84. The predicted molar refractivity (Wildman–Crippen MR) is 113 cm³/mol. The van der Waals surface area contributed by atoms with Crippen LogP contribution in [0.15, 0.2) is 54.6 Å². The van der Waals surface area contributed by atoms with Crippen LogP contribution < -0.4 is 4.90 Å². The summed E-state index contributed by atoms with van der Waals surface area (Å²) in [6.45, 7) is 4.26. The molecule has 0 fully saturated rings. The van der Waals surface area contributed by atoms with Crippen molar-refractivity contribution >= 4 is 44.0 Å². The lowest BCUT2D eigenvalue weighted by molar-refractivity contribution is 0.0697. The molecule has 2 aromatic heterocycles. The van der Waals surface area contributed by atoms with Gasteiger partial charge in [0.05, 0.1) is 21.6 Å². The van der Waals surface area contributed by atoms with E-state index >= 15 is 0 Å². The summed E-state index contributed by atoms with van der Waals surface area (Å²) in [5.41, 5.74) is 3.01. The van der Waals surface area contributed by atoms with E-state index in [2.05, 4.69) is 43.0 Å². The molecule has 0 aliphatic carbocycles. The van der Waals surface area contributed by atoms with Crippen molar-refractivity contribution in [3.63, 3.8) is 0 Å². The molecule has 0 amide bonds. The van der Waals surface area contributed by atoms with Crippen LogP contribution in [0.2, 0.25) is 0 Å². The van der Waals surface area contributed by atoms with E-state index in [4.69, 9.17) is 4.98 Å². The van der Waals surface area contributed by atoms with Crippen molar-refractivity contribution in [2.45, 2.75) is 19.9 Å². The lowest BCUT2D eigenvalue weighted by Crippen LogP contribution is -2.26. The number of hydrogen-bond acceptors (Lipinski definition) is 4. The van der Waals surface area contributed by atoms with Gasteiger partial charge < -0.3 is 10.0 Å². The zero-order valence-corrected chi connectivity index (χ0v) is 16.2. The van der Waals surface area contributed by atoms with Crippen LogP contribution in [-0.4, -0.2) is 29.1 Å². The van der Waals surface area contributed by atoms with Crippen LogP contribution in [0.3, 0.4) is 0 Å². The molecule has 2 heterocycles. The zero-order valence-electron chi connectivity index (χ0n) is 15.4. The molecular formula is C22H20N2O2S. The van der Waals surface area contributed by atoms with Gasteiger partial charge in [0.1, 0.15) is 5.69 Å². The van der Waals surface area contributed by atoms with Crippen molar-refractivity contribution < 1.29 is 9.90 Å². The van der Waals surface area contributed by atoms with E-state index in [1.165, 1.54) is 10.1 Å². The summed E-state index contributed by atoms with van der Waals surface area (Å²) in [7, 11) is 2.05. The molecule has 0 radical (unpaired) electrons. The third kappa shape index (κ3) is 3.15. The van der Waals surface area contributed by atoms with E-state index in [1.54, 1.807) is 29.5 Å². The van der Waals surface area contributed by atoms with Crippen LogP contribution in [0.4, 0.5) is 5.69 Å². The average molecular weight is 376 g/mol. The molecule has 0 saturated carbocycles. The number of rotatable bonds is 4. The van der Waals surface area contributed by atoms with Gasteiger partial charge >= 0.3 is 5.97 Å². The summed E-state index contributed by atoms with van der Waals surface area (Å²) in [6.07, 6.45) is 0. The largest absolute Gasteiger partial charge is 0.478 e. The first-order chi connectivity index (χ1) is 12.9. The maximum atomic E-state index is 11.3. The van der Waals surface area contributed by atoms with E-state index in [1.807, 2.05) is 19.2 Å². The number of thiophene rings is 1. The van der Waals surface area contributed by atoms with Crippen molar-refractivity contribution in [1.82, 2.24) is 4.98 Å². The fourth-order valence-electron chi connectivity index (χ4n) is 3.13. The molecule has 0 aliphatic heterocycles. The Morgan fingerprint density at radius 1 is 1.07 bits per heavy atom. The van der Waals surface area contributed by atoms with Crippen molar-refractivity contribution in [3.05, 3.63) is 60.2 Å². The van der Waals surface area contributed by atoms with Crippen LogP contribution in [0, 0.1) is 0 Å². The van der Waals surface area contributed by atoms with E-state index in [9.17, 15) is 9.90 Å². The minimum atomic E-state index is -0.927. The summed E-state index contributed by atoms with van der Waals surface area (Å²) in [5.74, 6) is -0.927. The lowest BCUT2D eigenvalue weighted by atomic mass is 10.1. The summed E-state index contributed by atoms with van der Waals surface area (Å²) in [4.78, 5) is 19.5. The maximum absolute atomic E-state index is 11.3. The maximum Gasteiger partial charge on any atom is 0.335 e. The Hall–Kier alpha value is -2.92. The Kier molecular flexibility index (Phi) is 4.32. The van der Waals surface area contributed by atoms with Gasteiger partial charge in [-0.05, 0) is 55.6 Å². The molecule has 4 rings (SSSR count). The molecule has 0 atom stereocenters.